The number of hydrogen-bond donors (Lipinski definition) is 2. The molecule has 4 nitrogen and oxygen atoms in total. The summed E-state index contributed by atoms with van der Waals surface area (Å²) in [6.07, 6.45) is 4.22. The molecule has 3 atom stereocenters. The lowest BCUT2D eigenvalue weighted by Gasteiger charge is -2.36. The number of rotatable bonds is 5. The lowest BCUT2D eigenvalue weighted by atomic mass is 9.89. The molecular weight excluding hydrogens is 297 g/mol. The molecule has 3 rings (SSSR count). The zero-order valence-corrected chi connectivity index (χ0v) is 13.4. The normalized spacial score (nSPS) is 29.4. The Balaban J connectivity index is 1.50. The topological polar surface area (TPSA) is 50.7 Å². The molecule has 1 saturated heterocycles. The second-order valence-corrected chi connectivity index (χ2v) is 6.60. The van der Waals surface area contributed by atoms with E-state index in [9.17, 15) is 9.50 Å². The van der Waals surface area contributed by atoms with Crippen LogP contribution in [0.2, 0.25) is 0 Å². The van der Waals surface area contributed by atoms with Crippen molar-refractivity contribution in [3.63, 3.8) is 0 Å². The fourth-order valence-corrected chi connectivity index (χ4v) is 3.45. The van der Waals surface area contributed by atoms with Crippen LogP contribution in [0, 0.1) is 11.7 Å². The molecule has 2 N–H and O–H groups in total. The van der Waals surface area contributed by atoms with Crippen molar-refractivity contribution >= 4 is 0 Å². The zero-order chi connectivity index (χ0) is 16.1. The fraction of sp³-hybridized carbons (Fsp3) is 0.667. The van der Waals surface area contributed by atoms with Gasteiger partial charge in [-0.1, -0.05) is 0 Å². The second-order valence-electron chi connectivity index (χ2n) is 6.60. The third-order valence-electron chi connectivity index (χ3n) is 4.91. The highest BCUT2D eigenvalue weighted by Crippen LogP contribution is 2.25. The van der Waals surface area contributed by atoms with Crippen molar-refractivity contribution < 1.29 is 19.0 Å². The minimum Gasteiger partial charge on any atom is -0.488 e. The van der Waals surface area contributed by atoms with Gasteiger partial charge in [0.2, 0.25) is 0 Å². The first-order valence-corrected chi connectivity index (χ1v) is 8.64. The number of aliphatic hydroxyl groups excluding tert-OH is 1. The average Bonchev–Trinajstić information content (AvgIpc) is 2.58. The standard InChI is InChI=1S/C18H26FNO3/c19-14-4-6-15(7-5-14)23-17-3-1-2-16(18(17)21)20-12-13-8-10-22-11-9-13/h4-7,13,16-18,20-21H,1-3,8-12H2/t16-,17+,18+/m0/s1. The summed E-state index contributed by atoms with van der Waals surface area (Å²) in [5.41, 5.74) is 0. The first-order chi connectivity index (χ1) is 11.2. The molecule has 5 heteroatoms. The molecule has 1 heterocycles. The Labute approximate surface area is 137 Å². The molecule has 1 aromatic carbocycles. The predicted molar refractivity (Wildman–Crippen MR) is 86.0 cm³/mol. The Morgan fingerprint density at radius 1 is 1.13 bits per heavy atom. The van der Waals surface area contributed by atoms with Crippen LogP contribution in [0.4, 0.5) is 4.39 Å². The van der Waals surface area contributed by atoms with Crippen LogP contribution in [0.25, 0.3) is 0 Å². The largest absolute Gasteiger partial charge is 0.488 e. The number of nitrogens with one attached hydrogen (secondary N) is 1. The molecule has 2 fully saturated rings. The van der Waals surface area contributed by atoms with Gasteiger partial charge in [0, 0.05) is 19.3 Å². The van der Waals surface area contributed by atoms with Crippen molar-refractivity contribution in [2.45, 2.75) is 50.4 Å². The van der Waals surface area contributed by atoms with E-state index in [0.29, 0.717) is 11.7 Å². The van der Waals surface area contributed by atoms with Crippen molar-refractivity contribution in [2.24, 2.45) is 5.92 Å². The van der Waals surface area contributed by atoms with Crippen molar-refractivity contribution in [1.29, 1.82) is 0 Å². The molecule has 1 aromatic rings. The van der Waals surface area contributed by atoms with Gasteiger partial charge in [-0.25, -0.2) is 4.39 Å². The van der Waals surface area contributed by atoms with Gasteiger partial charge in [0.15, 0.2) is 0 Å². The van der Waals surface area contributed by atoms with Gasteiger partial charge in [-0.15, -0.1) is 0 Å². The van der Waals surface area contributed by atoms with Crippen LogP contribution in [0.1, 0.15) is 32.1 Å². The quantitative estimate of drug-likeness (QED) is 0.874. The van der Waals surface area contributed by atoms with E-state index < -0.39 is 6.10 Å². The molecule has 1 aliphatic heterocycles. The van der Waals surface area contributed by atoms with E-state index in [1.165, 1.54) is 12.1 Å². The van der Waals surface area contributed by atoms with Crippen molar-refractivity contribution in [3.8, 4) is 5.75 Å². The molecule has 0 unspecified atom stereocenters. The molecule has 2 aliphatic rings. The monoisotopic (exact) mass is 323 g/mol. The molecule has 23 heavy (non-hydrogen) atoms. The first-order valence-electron chi connectivity index (χ1n) is 8.64. The molecule has 0 amide bonds. The van der Waals surface area contributed by atoms with Gasteiger partial charge in [0.25, 0.3) is 0 Å². The molecule has 0 bridgehead atoms. The van der Waals surface area contributed by atoms with Crippen molar-refractivity contribution in [3.05, 3.63) is 30.1 Å². The summed E-state index contributed by atoms with van der Waals surface area (Å²) < 4.78 is 24.2. The van der Waals surface area contributed by atoms with E-state index in [0.717, 1.165) is 51.9 Å². The summed E-state index contributed by atoms with van der Waals surface area (Å²) in [6, 6.07) is 6.05. The van der Waals surface area contributed by atoms with Crippen LogP contribution in [0.3, 0.4) is 0 Å². The van der Waals surface area contributed by atoms with Crippen LogP contribution in [-0.2, 0) is 4.74 Å². The Kier molecular flexibility index (Phi) is 5.86. The van der Waals surface area contributed by atoms with E-state index in [2.05, 4.69) is 5.32 Å². The van der Waals surface area contributed by atoms with Gasteiger partial charge in [-0.2, -0.15) is 0 Å². The van der Waals surface area contributed by atoms with E-state index in [-0.39, 0.29) is 18.0 Å². The molecule has 1 saturated carbocycles. The smallest absolute Gasteiger partial charge is 0.126 e. The van der Waals surface area contributed by atoms with E-state index in [4.69, 9.17) is 9.47 Å². The molecule has 0 radical (unpaired) electrons. The molecular formula is C18H26FNO3. The summed E-state index contributed by atoms with van der Waals surface area (Å²) in [7, 11) is 0. The summed E-state index contributed by atoms with van der Waals surface area (Å²) in [6.45, 7) is 2.61. The Morgan fingerprint density at radius 3 is 2.61 bits per heavy atom. The lowest BCUT2D eigenvalue weighted by Crippen LogP contribution is -2.52. The van der Waals surface area contributed by atoms with E-state index >= 15 is 0 Å². The van der Waals surface area contributed by atoms with Crippen LogP contribution in [-0.4, -0.2) is 43.1 Å². The number of hydrogen-bond acceptors (Lipinski definition) is 4. The van der Waals surface area contributed by atoms with Gasteiger partial charge >= 0.3 is 0 Å². The summed E-state index contributed by atoms with van der Waals surface area (Å²) in [4.78, 5) is 0. The third kappa shape index (κ3) is 4.66. The summed E-state index contributed by atoms with van der Waals surface area (Å²) in [5.74, 6) is 0.965. The zero-order valence-electron chi connectivity index (χ0n) is 13.4. The SMILES string of the molecule is O[C@@H]1[C@@H](NCC2CCOCC2)CCC[C@H]1Oc1ccc(F)cc1. The Morgan fingerprint density at radius 2 is 1.87 bits per heavy atom. The van der Waals surface area contributed by atoms with Gasteiger partial charge < -0.3 is 19.9 Å². The maximum absolute atomic E-state index is 13.0. The van der Waals surface area contributed by atoms with Gasteiger partial charge in [-0.3, -0.25) is 0 Å². The third-order valence-corrected chi connectivity index (χ3v) is 4.91. The van der Waals surface area contributed by atoms with Gasteiger partial charge in [-0.05, 0) is 68.8 Å². The van der Waals surface area contributed by atoms with Crippen LogP contribution in [0.15, 0.2) is 24.3 Å². The molecule has 1 aliphatic carbocycles. The predicted octanol–water partition coefficient (Wildman–Crippen LogP) is 2.50. The van der Waals surface area contributed by atoms with Crippen LogP contribution < -0.4 is 10.1 Å². The molecule has 0 aromatic heterocycles. The van der Waals surface area contributed by atoms with Gasteiger partial charge in [0.05, 0.1) is 0 Å². The summed E-state index contributed by atoms with van der Waals surface area (Å²) >= 11 is 0. The number of ether oxygens (including phenoxy) is 2. The van der Waals surface area contributed by atoms with Crippen molar-refractivity contribution in [2.75, 3.05) is 19.8 Å². The number of benzene rings is 1. The van der Waals surface area contributed by atoms with Crippen molar-refractivity contribution in [1.82, 2.24) is 5.32 Å². The van der Waals surface area contributed by atoms with Gasteiger partial charge in [0.1, 0.15) is 23.8 Å². The second kappa shape index (κ2) is 8.08. The Hall–Kier alpha value is -1.17. The minimum atomic E-state index is -0.534. The summed E-state index contributed by atoms with van der Waals surface area (Å²) in [5, 5.41) is 14.1. The fourth-order valence-electron chi connectivity index (χ4n) is 3.45. The molecule has 128 valence electrons. The maximum atomic E-state index is 13.0. The first kappa shape index (κ1) is 16.7. The molecule has 0 spiro atoms. The maximum Gasteiger partial charge on any atom is 0.126 e. The number of halogens is 1. The van der Waals surface area contributed by atoms with Crippen LogP contribution >= 0.6 is 0 Å². The van der Waals surface area contributed by atoms with E-state index in [1.807, 2.05) is 0 Å². The highest BCUT2D eigenvalue weighted by molar-refractivity contribution is 5.22. The van der Waals surface area contributed by atoms with E-state index in [1.54, 1.807) is 12.1 Å². The average molecular weight is 323 g/mol. The highest BCUT2D eigenvalue weighted by atomic mass is 19.1. The van der Waals surface area contributed by atoms with Crippen LogP contribution in [0.5, 0.6) is 5.75 Å². The Bertz CT molecular complexity index is 476. The lowest BCUT2D eigenvalue weighted by molar-refractivity contribution is -0.0178. The number of aliphatic hydroxyl groups is 1. The highest BCUT2D eigenvalue weighted by Gasteiger charge is 2.33. The minimum absolute atomic E-state index is 0.0667.